The summed E-state index contributed by atoms with van der Waals surface area (Å²) in [6, 6.07) is 19.5. The van der Waals surface area contributed by atoms with E-state index in [0.29, 0.717) is 32.8 Å². The standard InChI is InChI=1S/C23H33O7P/c1-3-15-29-31(24,25-2)30-20-23(28-18-21-11-6-4-7-12-21)19-26-16-10-17-27-22-13-8-5-9-14-22/h4-9,11-14,23H,3,10,15-20H2,1-2H3/t23-,31?/m0/s1. The zero-order valence-electron chi connectivity index (χ0n) is 18.3. The van der Waals surface area contributed by atoms with Crippen LogP contribution in [0.4, 0.5) is 0 Å². The van der Waals surface area contributed by atoms with Crippen LogP contribution in [0.2, 0.25) is 0 Å². The number of hydrogen-bond donors (Lipinski definition) is 0. The summed E-state index contributed by atoms with van der Waals surface area (Å²) in [6.45, 7) is 3.98. The average Bonchev–Trinajstić information content (AvgIpc) is 2.82. The SMILES string of the molecule is CCCOP(=O)(OC)OC[C@H](COCCCOc1ccccc1)OCc1ccccc1. The number of hydrogen-bond acceptors (Lipinski definition) is 7. The first-order valence-electron chi connectivity index (χ1n) is 10.5. The fraction of sp³-hybridized carbons (Fsp3) is 0.478. The summed E-state index contributed by atoms with van der Waals surface area (Å²) < 4.78 is 45.5. The van der Waals surface area contributed by atoms with E-state index in [9.17, 15) is 4.57 Å². The van der Waals surface area contributed by atoms with Gasteiger partial charge >= 0.3 is 7.82 Å². The molecule has 0 fully saturated rings. The Labute approximate surface area is 185 Å². The van der Waals surface area contributed by atoms with Gasteiger partial charge in [-0.15, -0.1) is 0 Å². The summed E-state index contributed by atoms with van der Waals surface area (Å²) in [5, 5.41) is 0. The molecule has 2 aromatic rings. The van der Waals surface area contributed by atoms with E-state index >= 15 is 0 Å². The van der Waals surface area contributed by atoms with E-state index in [4.69, 9.17) is 27.8 Å². The second-order valence-electron chi connectivity index (χ2n) is 6.77. The summed E-state index contributed by atoms with van der Waals surface area (Å²) >= 11 is 0. The van der Waals surface area contributed by atoms with Crippen LogP contribution in [0.5, 0.6) is 5.75 Å². The minimum Gasteiger partial charge on any atom is -0.494 e. The van der Waals surface area contributed by atoms with E-state index in [1.54, 1.807) is 0 Å². The normalized spacial score (nSPS) is 14.1. The van der Waals surface area contributed by atoms with Crippen LogP contribution in [0.25, 0.3) is 0 Å². The van der Waals surface area contributed by atoms with E-state index in [1.807, 2.05) is 67.6 Å². The minimum atomic E-state index is -3.61. The summed E-state index contributed by atoms with van der Waals surface area (Å²) in [6.07, 6.45) is 1.01. The van der Waals surface area contributed by atoms with Gasteiger partial charge in [0.25, 0.3) is 0 Å². The monoisotopic (exact) mass is 452 g/mol. The van der Waals surface area contributed by atoms with Crippen molar-refractivity contribution in [3.8, 4) is 5.75 Å². The third-order valence-corrected chi connectivity index (χ3v) is 5.58. The number of para-hydroxylation sites is 1. The van der Waals surface area contributed by atoms with E-state index in [-0.39, 0.29) is 13.2 Å². The van der Waals surface area contributed by atoms with Gasteiger partial charge in [0.1, 0.15) is 11.9 Å². The molecule has 0 bridgehead atoms. The highest BCUT2D eigenvalue weighted by molar-refractivity contribution is 7.48. The molecule has 0 saturated heterocycles. The molecular weight excluding hydrogens is 419 g/mol. The van der Waals surface area contributed by atoms with Gasteiger partial charge in [0.05, 0.1) is 33.0 Å². The van der Waals surface area contributed by atoms with Gasteiger partial charge in [-0.05, 0) is 24.1 Å². The van der Waals surface area contributed by atoms with E-state index in [2.05, 4.69) is 0 Å². The van der Waals surface area contributed by atoms with Gasteiger partial charge in [-0.3, -0.25) is 13.6 Å². The highest BCUT2D eigenvalue weighted by Gasteiger charge is 2.26. The first-order chi connectivity index (χ1) is 15.1. The lowest BCUT2D eigenvalue weighted by Crippen LogP contribution is -2.26. The molecule has 8 heteroatoms. The Hall–Kier alpha value is -1.73. The lowest BCUT2D eigenvalue weighted by atomic mass is 10.2. The first kappa shape index (κ1) is 25.5. The Morgan fingerprint density at radius 1 is 0.871 bits per heavy atom. The first-order valence-corrected chi connectivity index (χ1v) is 12.0. The van der Waals surface area contributed by atoms with Crippen molar-refractivity contribution in [1.82, 2.24) is 0 Å². The van der Waals surface area contributed by atoms with Gasteiger partial charge < -0.3 is 14.2 Å². The summed E-state index contributed by atoms with van der Waals surface area (Å²) in [5.41, 5.74) is 1.03. The molecule has 0 aliphatic rings. The number of rotatable bonds is 17. The Bertz CT molecular complexity index is 742. The predicted octanol–water partition coefficient (Wildman–Crippen LogP) is 5.26. The average molecular weight is 452 g/mol. The van der Waals surface area contributed by atoms with Gasteiger partial charge in [0, 0.05) is 20.1 Å². The topological polar surface area (TPSA) is 72.5 Å². The number of phosphoric ester groups is 1. The molecule has 0 aliphatic heterocycles. The van der Waals surface area contributed by atoms with Gasteiger partial charge in [-0.1, -0.05) is 55.5 Å². The second-order valence-corrected chi connectivity index (χ2v) is 8.54. The third-order valence-electron chi connectivity index (χ3n) is 4.17. The van der Waals surface area contributed by atoms with Gasteiger partial charge in [0.2, 0.25) is 0 Å². The van der Waals surface area contributed by atoms with Crippen LogP contribution in [0, 0.1) is 0 Å². The maximum Gasteiger partial charge on any atom is 0.474 e. The van der Waals surface area contributed by atoms with Crippen LogP contribution in [-0.2, 0) is 34.2 Å². The van der Waals surface area contributed by atoms with Crippen LogP contribution < -0.4 is 4.74 Å². The van der Waals surface area contributed by atoms with E-state index < -0.39 is 13.9 Å². The molecular formula is C23H33O7P. The molecule has 0 radical (unpaired) electrons. The van der Waals surface area contributed by atoms with Gasteiger partial charge in [-0.2, -0.15) is 0 Å². The number of benzene rings is 2. The van der Waals surface area contributed by atoms with Crippen molar-refractivity contribution in [1.29, 1.82) is 0 Å². The largest absolute Gasteiger partial charge is 0.494 e. The number of phosphoric acid groups is 1. The lowest BCUT2D eigenvalue weighted by molar-refractivity contribution is -0.0520. The molecule has 0 aliphatic carbocycles. The molecule has 2 aromatic carbocycles. The van der Waals surface area contributed by atoms with Crippen molar-refractivity contribution < 1.29 is 32.3 Å². The molecule has 0 heterocycles. The van der Waals surface area contributed by atoms with E-state index in [0.717, 1.165) is 17.7 Å². The van der Waals surface area contributed by atoms with Gasteiger partial charge in [-0.25, -0.2) is 4.57 Å². The summed E-state index contributed by atoms with van der Waals surface area (Å²) in [4.78, 5) is 0. The molecule has 31 heavy (non-hydrogen) atoms. The Morgan fingerprint density at radius 3 is 2.26 bits per heavy atom. The summed E-state index contributed by atoms with van der Waals surface area (Å²) in [7, 11) is -2.30. The molecule has 7 nitrogen and oxygen atoms in total. The zero-order valence-corrected chi connectivity index (χ0v) is 19.2. The third kappa shape index (κ3) is 10.9. The van der Waals surface area contributed by atoms with Crippen LogP contribution in [-0.4, -0.2) is 46.2 Å². The Kier molecular flexibility index (Phi) is 12.5. The fourth-order valence-corrected chi connectivity index (χ4v) is 3.58. The quantitative estimate of drug-likeness (QED) is 0.240. The van der Waals surface area contributed by atoms with Gasteiger partial charge in [0.15, 0.2) is 0 Å². The number of ether oxygens (including phenoxy) is 3. The molecule has 0 N–H and O–H groups in total. The molecule has 0 aromatic heterocycles. The maximum absolute atomic E-state index is 12.5. The van der Waals surface area contributed by atoms with Crippen molar-refractivity contribution in [2.75, 3.05) is 40.1 Å². The highest BCUT2D eigenvalue weighted by atomic mass is 31.2. The molecule has 1 unspecified atom stereocenters. The molecule has 0 spiro atoms. The maximum atomic E-state index is 12.5. The second kappa shape index (κ2) is 15.1. The van der Waals surface area contributed by atoms with Crippen molar-refractivity contribution in [3.63, 3.8) is 0 Å². The van der Waals surface area contributed by atoms with Crippen molar-refractivity contribution in [2.24, 2.45) is 0 Å². The Balaban J connectivity index is 1.76. The molecule has 0 saturated carbocycles. The highest BCUT2D eigenvalue weighted by Crippen LogP contribution is 2.48. The zero-order chi connectivity index (χ0) is 22.2. The van der Waals surface area contributed by atoms with E-state index in [1.165, 1.54) is 7.11 Å². The van der Waals surface area contributed by atoms with Crippen LogP contribution in [0.3, 0.4) is 0 Å². The minimum absolute atomic E-state index is 0.0299. The Morgan fingerprint density at radius 2 is 1.58 bits per heavy atom. The molecule has 2 rings (SSSR count). The van der Waals surface area contributed by atoms with Crippen molar-refractivity contribution in [3.05, 3.63) is 66.2 Å². The van der Waals surface area contributed by atoms with Crippen LogP contribution in [0.15, 0.2) is 60.7 Å². The smallest absolute Gasteiger partial charge is 0.474 e. The van der Waals surface area contributed by atoms with Crippen molar-refractivity contribution >= 4 is 7.82 Å². The molecule has 2 atom stereocenters. The summed E-state index contributed by atoms with van der Waals surface area (Å²) in [5.74, 6) is 0.836. The fourth-order valence-electron chi connectivity index (χ4n) is 2.54. The predicted molar refractivity (Wildman–Crippen MR) is 119 cm³/mol. The lowest BCUT2D eigenvalue weighted by Gasteiger charge is -2.21. The van der Waals surface area contributed by atoms with Crippen LogP contribution in [0.1, 0.15) is 25.3 Å². The van der Waals surface area contributed by atoms with Crippen LogP contribution >= 0.6 is 7.82 Å². The van der Waals surface area contributed by atoms with Crippen molar-refractivity contribution in [2.45, 2.75) is 32.5 Å². The molecule has 172 valence electrons. The molecule has 0 amide bonds.